The van der Waals surface area contributed by atoms with Crippen LogP contribution in [0.5, 0.6) is 0 Å². The molecule has 0 spiro atoms. The lowest BCUT2D eigenvalue weighted by Crippen LogP contribution is -2.39. The van der Waals surface area contributed by atoms with Crippen LogP contribution in [0, 0.1) is 0 Å². The Balaban J connectivity index is 0.00000484. The molecule has 0 aliphatic carbocycles. The number of hydrogen-bond acceptors (Lipinski definition) is 4. The minimum Gasteiger partial charge on any atom is -0.469 e. The summed E-state index contributed by atoms with van der Waals surface area (Å²) in [5.74, 6) is 0.876. The van der Waals surface area contributed by atoms with Gasteiger partial charge in [0.1, 0.15) is 0 Å². The predicted octanol–water partition coefficient (Wildman–Crippen LogP) is 1.73. The van der Waals surface area contributed by atoms with Crippen LogP contribution in [-0.4, -0.2) is 54.4 Å². The van der Waals surface area contributed by atoms with E-state index >= 15 is 0 Å². The SMILES string of the molecule is CN=C(NCCC(=O)OC)N(C)Cc1cn(C)nc1C(C)C.I. The number of guanidine groups is 1. The number of aryl methyl sites for hydroxylation is 1. The fourth-order valence-corrected chi connectivity index (χ4v) is 2.26. The fourth-order valence-electron chi connectivity index (χ4n) is 2.26. The Kier molecular flexibility index (Phi) is 9.85. The third kappa shape index (κ3) is 6.76. The molecule has 132 valence electrons. The topological polar surface area (TPSA) is 71.8 Å². The van der Waals surface area contributed by atoms with E-state index in [1.807, 2.05) is 29.9 Å². The fraction of sp³-hybridized carbons (Fsp3) is 0.667. The number of nitrogens with one attached hydrogen (secondary N) is 1. The first kappa shape index (κ1) is 21.7. The molecule has 0 unspecified atom stereocenters. The van der Waals surface area contributed by atoms with Crippen molar-refractivity contribution in [1.29, 1.82) is 0 Å². The van der Waals surface area contributed by atoms with Gasteiger partial charge in [0.2, 0.25) is 0 Å². The molecule has 7 nitrogen and oxygen atoms in total. The van der Waals surface area contributed by atoms with Crippen LogP contribution in [0.25, 0.3) is 0 Å². The van der Waals surface area contributed by atoms with E-state index in [-0.39, 0.29) is 29.9 Å². The molecule has 1 N–H and O–H groups in total. The molecule has 1 aromatic rings. The maximum absolute atomic E-state index is 11.1. The normalized spacial score (nSPS) is 11.2. The second-order valence-corrected chi connectivity index (χ2v) is 5.52. The van der Waals surface area contributed by atoms with Gasteiger partial charge in [-0.25, -0.2) is 0 Å². The summed E-state index contributed by atoms with van der Waals surface area (Å²) in [6.45, 7) is 5.47. The molecule has 0 saturated carbocycles. The Labute approximate surface area is 155 Å². The first-order chi connectivity index (χ1) is 10.4. The summed E-state index contributed by atoms with van der Waals surface area (Å²) in [7, 11) is 7.01. The lowest BCUT2D eigenvalue weighted by atomic mass is 10.1. The van der Waals surface area contributed by atoms with Gasteiger partial charge in [0, 0.05) is 46.0 Å². The average Bonchev–Trinajstić information content (AvgIpc) is 2.83. The zero-order valence-corrected chi connectivity index (χ0v) is 17.1. The molecular weight excluding hydrogens is 409 g/mol. The highest BCUT2D eigenvalue weighted by Gasteiger charge is 2.15. The molecule has 0 aromatic carbocycles. The van der Waals surface area contributed by atoms with Gasteiger partial charge in [-0.1, -0.05) is 13.8 Å². The molecule has 0 radical (unpaired) electrons. The average molecular weight is 437 g/mol. The van der Waals surface area contributed by atoms with Gasteiger partial charge in [0.15, 0.2) is 5.96 Å². The minimum absolute atomic E-state index is 0. The van der Waals surface area contributed by atoms with Crippen molar-refractivity contribution in [3.05, 3.63) is 17.5 Å². The van der Waals surface area contributed by atoms with E-state index in [1.165, 1.54) is 12.7 Å². The van der Waals surface area contributed by atoms with E-state index in [9.17, 15) is 4.79 Å². The summed E-state index contributed by atoms with van der Waals surface area (Å²) < 4.78 is 6.46. The molecule has 0 aliphatic rings. The zero-order valence-electron chi connectivity index (χ0n) is 14.8. The molecule has 0 saturated heterocycles. The van der Waals surface area contributed by atoms with Gasteiger partial charge in [-0.2, -0.15) is 5.10 Å². The Morgan fingerprint density at radius 3 is 2.70 bits per heavy atom. The lowest BCUT2D eigenvalue weighted by molar-refractivity contribution is -0.140. The van der Waals surface area contributed by atoms with Gasteiger partial charge in [-0.05, 0) is 5.92 Å². The van der Waals surface area contributed by atoms with Crippen molar-refractivity contribution in [2.24, 2.45) is 12.0 Å². The molecule has 23 heavy (non-hydrogen) atoms. The third-order valence-corrected chi connectivity index (χ3v) is 3.30. The maximum atomic E-state index is 11.1. The number of ether oxygens (including phenoxy) is 1. The van der Waals surface area contributed by atoms with E-state index in [4.69, 9.17) is 0 Å². The second kappa shape index (κ2) is 10.5. The number of esters is 1. The number of carbonyl (C=O) groups is 1. The summed E-state index contributed by atoms with van der Waals surface area (Å²) in [6, 6.07) is 0. The number of carbonyl (C=O) groups excluding carboxylic acids is 1. The number of aromatic nitrogens is 2. The Morgan fingerprint density at radius 2 is 2.17 bits per heavy atom. The number of aliphatic imine (C=N–C) groups is 1. The molecule has 1 heterocycles. The van der Waals surface area contributed by atoms with Crippen LogP contribution in [0.15, 0.2) is 11.2 Å². The summed E-state index contributed by atoms with van der Waals surface area (Å²) >= 11 is 0. The summed E-state index contributed by atoms with van der Waals surface area (Å²) in [5, 5.41) is 7.67. The van der Waals surface area contributed by atoms with Crippen LogP contribution in [0.3, 0.4) is 0 Å². The Morgan fingerprint density at radius 1 is 1.52 bits per heavy atom. The summed E-state index contributed by atoms with van der Waals surface area (Å²) in [6.07, 6.45) is 2.35. The largest absolute Gasteiger partial charge is 0.469 e. The van der Waals surface area contributed by atoms with E-state index < -0.39 is 0 Å². The summed E-state index contributed by atoms with van der Waals surface area (Å²) in [4.78, 5) is 17.4. The van der Waals surface area contributed by atoms with E-state index in [0.29, 0.717) is 25.4 Å². The first-order valence-corrected chi connectivity index (χ1v) is 7.40. The standard InChI is InChI=1S/C15H27N5O2.HI/c1-11(2)14-12(10-20(5)18-14)9-19(4)15(16-3)17-8-7-13(21)22-6;/h10-11H,7-9H2,1-6H3,(H,16,17);1H. The number of nitrogens with zero attached hydrogens (tertiary/aromatic N) is 4. The van der Waals surface area contributed by atoms with Crippen LogP contribution in [0.2, 0.25) is 0 Å². The van der Waals surface area contributed by atoms with Gasteiger partial charge in [-0.15, -0.1) is 24.0 Å². The summed E-state index contributed by atoms with van der Waals surface area (Å²) in [5.41, 5.74) is 2.27. The smallest absolute Gasteiger partial charge is 0.307 e. The van der Waals surface area contributed by atoms with Crippen LogP contribution < -0.4 is 5.32 Å². The highest BCUT2D eigenvalue weighted by atomic mass is 127. The van der Waals surface area contributed by atoms with Crippen molar-refractivity contribution >= 4 is 35.9 Å². The van der Waals surface area contributed by atoms with E-state index in [1.54, 1.807) is 7.05 Å². The first-order valence-electron chi connectivity index (χ1n) is 7.40. The van der Waals surface area contributed by atoms with Crippen molar-refractivity contribution in [1.82, 2.24) is 20.0 Å². The van der Waals surface area contributed by atoms with Crippen molar-refractivity contribution in [2.45, 2.75) is 32.7 Å². The monoisotopic (exact) mass is 437 g/mol. The highest BCUT2D eigenvalue weighted by Crippen LogP contribution is 2.18. The van der Waals surface area contributed by atoms with Gasteiger partial charge >= 0.3 is 5.97 Å². The van der Waals surface area contributed by atoms with Crippen LogP contribution >= 0.6 is 24.0 Å². The second-order valence-electron chi connectivity index (χ2n) is 5.52. The van der Waals surface area contributed by atoms with Gasteiger partial charge in [0.25, 0.3) is 0 Å². The third-order valence-electron chi connectivity index (χ3n) is 3.30. The number of halogens is 1. The van der Waals surface area contributed by atoms with Crippen molar-refractivity contribution in [3.63, 3.8) is 0 Å². The van der Waals surface area contributed by atoms with Crippen molar-refractivity contribution in [3.8, 4) is 0 Å². The predicted molar refractivity (Wildman–Crippen MR) is 102 cm³/mol. The number of hydrogen-bond donors (Lipinski definition) is 1. The van der Waals surface area contributed by atoms with Gasteiger partial charge < -0.3 is 15.0 Å². The molecule has 1 aromatic heterocycles. The molecule has 0 fully saturated rings. The van der Waals surface area contributed by atoms with Crippen molar-refractivity contribution in [2.75, 3.05) is 27.7 Å². The minimum atomic E-state index is -0.236. The molecule has 1 rings (SSSR count). The lowest BCUT2D eigenvalue weighted by Gasteiger charge is -2.22. The van der Waals surface area contributed by atoms with Crippen LogP contribution in [0.4, 0.5) is 0 Å². The maximum Gasteiger partial charge on any atom is 0.307 e. The Hall–Kier alpha value is -1.32. The van der Waals surface area contributed by atoms with Gasteiger partial charge in [-0.3, -0.25) is 14.5 Å². The highest BCUT2D eigenvalue weighted by molar-refractivity contribution is 14.0. The zero-order chi connectivity index (χ0) is 16.7. The van der Waals surface area contributed by atoms with Crippen LogP contribution in [-0.2, 0) is 23.1 Å². The molecule has 0 atom stereocenters. The quantitative estimate of drug-likeness (QED) is 0.318. The number of methoxy groups -OCH3 is 1. The Bertz CT molecular complexity index is 528. The van der Waals surface area contributed by atoms with Crippen molar-refractivity contribution < 1.29 is 9.53 Å². The molecule has 0 aliphatic heterocycles. The van der Waals surface area contributed by atoms with Crippen LogP contribution in [0.1, 0.15) is 37.4 Å². The molecule has 8 heteroatoms. The number of rotatable bonds is 6. The van der Waals surface area contributed by atoms with E-state index in [0.717, 1.165) is 11.7 Å². The molecule has 0 amide bonds. The van der Waals surface area contributed by atoms with E-state index in [2.05, 4.69) is 34.0 Å². The van der Waals surface area contributed by atoms with Gasteiger partial charge in [0.05, 0.1) is 19.2 Å². The molecular formula is C15H28IN5O2. The molecule has 0 bridgehead atoms.